The number of hydrogen-bond acceptors (Lipinski definition) is 8. The molecule has 0 aliphatic carbocycles. The van der Waals surface area contributed by atoms with Gasteiger partial charge in [0.2, 0.25) is 0 Å². The van der Waals surface area contributed by atoms with Crippen LogP contribution in [0, 0.1) is 11.0 Å². The Balaban J connectivity index is 1.31. The molecule has 0 spiro atoms. The molecule has 1 aromatic carbocycles. The van der Waals surface area contributed by atoms with Gasteiger partial charge >= 0.3 is 12.0 Å². The normalized spacial score (nSPS) is 19.5. The molecule has 9 nitrogen and oxygen atoms in total. The minimum Gasteiger partial charge on any atom is -0.627 e. The summed E-state index contributed by atoms with van der Waals surface area (Å²) >= 11 is 1.28. The molecule has 1 unspecified atom stereocenters. The van der Waals surface area contributed by atoms with E-state index in [4.69, 9.17) is 9.47 Å². The summed E-state index contributed by atoms with van der Waals surface area (Å²) in [6.45, 7) is 1.97. The number of hydroxylamine groups is 2. The summed E-state index contributed by atoms with van der Waals surface area (Å²) in [4.78, 5) is 40.1. The van der Waals surface area contributed by atoms with Crippen molar-refractivity contribution in [2.24, 2.45) is 0 Å². The molecule has 0 saturated carbocycles. The Morgan fingerprint density at radius 3 is 2.70 bits per heavy atom. The largest absolute Gasteiger partial charge is 0.627 e. The van der Waals surface area contributed by atoms with Crippen molar-refractivity contribution in [1.82, 2.24) is 0 Å². The van der Waals surface area contributed by atoms with Gasteiger partial charge in [-0.25, -0.2) is 14.0 Å². The van der Waals surface area contributed by atoms with E-state index in [0.717, 1.165) is 0 Å². The lowest BCUT2D eigenvalue weighted by Crippen LogP contribution is -3.11. The molecule has 11 heteroatoms. The summed E-state index contributed by atoms with van der Waals surface area (Å²) in [6, 6.07) is 7.91. The number of carbonyl (C=O) groups excluding carboxylic acids is 3. The monoisotopic (exact) mass is 477 g/mol. The maximum Gasteiger partial charge on any atom is 0.414 e. The fraction of sp³-hybridized carbons (Fsp3) is 0.409. The van der Waals surface area contributed by atoms with Crippen molar-refractivity contribution in [1.29, 1.82) is 0 Å². The van der Waals surface area contributed by atoms with E-state index in [2.05, 4.69) is 0 Å². The first-order valence-electron chi connectivity index (χ1n) is 10.7. The minimum atomic E-state index is -0.816. The molecular formula is C22H24FN3O6S. The maximum atomic E-state index is 14.7. The van der Waals surface area contributed by atoms with Crippen LogP contribution in [0.1, 0.15) is 22.5 Å². The highest BCUT2D eigenvalue weighted by Gasteiger charge is 2.35. The van der Waals surface area contributed by atoms with Gasteiger partial charge in [-0.2, -0.15) is 0 Å². The van der Waals surface area contributed by atoms with Crippen LogP contribution in [0.4, 0.5) is 20.6 Å². The zero-order valence-corrected chi connectivity index (χ0v) is 18.6. The highest BCUT2D eigenvalue weighted by atomic mass is 32.1. The number of nitrogens with one attached hydrogen (secondary N) is 1. The Hall–Kier alpha value is -2.86. The van der Waals surface area contributed by atoms with Crippen LogP contribution in [-0.4, -0.2) is 63.3 Å². The minimum absolute atomic E-state index is 0.0301. The van der Waals surface area contributed by atoms with Gasteiger partial charge in [0.25, 0.3) is 0 Å². The Morgan fingerprint density at radius 2 is 2.00 bits per heavy atom. The molecule has 2 aliphatic rings. The summed E-state index contributed by atoms with van der Waals surface area (Å²) in [5, 5.41) is 13.4. The number of amides is 2. The molecule has 0 radical (unpaired) electrons. The predicted octanol–water partition coefficient (Wildman–Crippen LogP) is 1.62. The number of thiophene rings is 1. The molecule has 2 aliphatic heterocycles. The maximum absolute atomic E-state index is 14.7. The van der Waals surface area contributed by atoms with Crippen LogP contribution in [-0.2, 0) is 14.3 Å². The number of hydrogen-bond donors (Lipinski definition) is 1. The summed E-state index contributed by atoms with van der Waals surface area (Å²) < 4.78 is 25.2. The third kappa shape index (κ3) is 5.56. The first-order valence-corrected chi connectivity index (χ1v) is 11.5. The molecule has 0 bridgehead atoms. The molecular weight excluding hydrogens is 453 g/mol. The third-order valence-electron chi connectivity index (χ3n) is 5.57. The van der Waals surface area contributed by atoms with Gasteiger partial charge in [-0.15, -0.1) is 11.3 Å². The number of cyclic esters (lactones) is 1. The van der Waals surface area contributed by atoms with Gasteiger partial charge in [0, 0.05) is 19.5 Å². The Bertz CT molecular complexity index is 1010. The second-order valence-corrected chi connectivity index (χ2v) is 8.75. The van der Waals surface area contributed by atoms with Gasteiger partial charge in [0.1, 0.15) is 12.4 Å². The fourth-order valence-electron chi connectivity index (χ4n) is 3.81. The van der Waals surface area contributed by atoms with Crippen LogP contribution in [0.25, 0.3) is 0 Å². The molecule has 1 N–H and O–H groups in total. The standard InChI is InChI=1S/C22H24FN3O6S/c23-17-12-15(3-4-18(17)24-7-9-31-10-8-24)25-13-16(32-22(25)29)14-26(30)21(28)6-5-19(27)20-2-1-11-33-20/h1-4,11-12,16,26H,5-10,13-14H2/t16-/m0/s1. The van der Waals surface area contributed by atoms with Crippen molar-refractivity contribution in [2.75, 3.05) is 49.2 Å². The zero-order chi connectivity index (χ0) is 23.4. The third-order valence-corrected chi connectivity index (χ3v) is 6.48. The highest BCUT2D eigenvalue weighted by Crippen LogP contribution is 2.28. The SMILES string of the molecule is O=C(CCC(=O)[NH+]([O-])C[C@@H]1CN(c2ccc(N3CCOCC3)c(F)c2)C(=O)O1)c1cccs1. The number of Topliss-reactive ketones (excluding diaryl/α,β-unsaturated/α-hetero) is 1. The van der Waals surface area contributed by atoms with Crippen LogP contribution in [0.5, 0.6) is 0 Å². The quantitative estimate of drug-likeness (QED) is 0.455. The topological polar surface area (TPSA) is 104 Å². The molecule has 2 fully saturated rings. The van der Waals surface area contributed by atoms with E-state index < -0.39 is 29.0 Å². The number of carbonyl (C=O) groups is 3. The van der Waals surface area contributed by atoms with Crippen LogP contribution >= 0.6 is 11.3 Å². The lowest BCUT2D eigenvalue weighted by atomic mass is 10.2. The average Bonchev–Trinajstić information content (AvgIpc) is 3.48. The van der Waals surface area contributed by atoms with E-state index in [1.165, 1.54) is 22.3 Å². The predicted molar refractivity (Wildman–Crippen MR) is 119 cm³/mol. The van der Waals surface area contributed by atoms with Crippen LogP contribution in [0.15, 0.2) is 35.7 Å². The van der Waals surface area contributed by atoms with E-state index in [9.17, 15) is 24.0 Å². The molecule has 4 rings (SSSR count). The van der Waals surface area contributed by atoms with Crippen molar-refractivity contribution in [3.05, 3.63) is 51.6 Å². The number of rotatable bonds is 8. The van der Waals surface area contributed by atoms with Crippen molar-refractivity contribution >= 4 is 40.5 Å². The lowest BCUT2D eigenvalue weighted by Gasteiger charge is -2.29. The lowest BCUT2D eigenvalue weighted by molar-refractivity contribution is -0.769. The Labute approximate surface area is 193 Å². The van der Waals surface area contributed by atoms with Crippen molar-refractivity contribution < 1.29 is 33.3 Å². The van der Waals surface area contributed by atoms with E-state index >= 15 is 0 Å². The van der Waals surface area contributed by atoms with Crippen LogP contribution in [0.2, 0.25) is 0 Å². The van der Waals surface area contributed by atoms with Crippen molar-refractivity contribution in [3.8, 4) is 0 Å². The zero-order valence-electron chi connectivity index (χ0n) is 17.8. The fourth-order valence-corrected chi connectivity index (χ4v) is 4.50. The number of benzene rings is 1. The summed E-state index contributed by atoms with van der Waals surface area (Å²) in [7, 11) is 0. The number of anilines is 2. The second kappa shape index (κ2) is 10.4. The van der Waals surface area contributed by atoms with Gasteiger partial charge in [-0.05, 0) is 29.6 Å². The summed E-state index contributed by atoms with van der Waals surface area (Å²) in [5.41, 5.74) is 0.751. The van der Waals surface area contributed by atoms with Gasteiger partial charge in [0.15, 0.2) is 11.9 Å². The van der Waals surface area contributed by atoms with Gasteiger partial charge in [-0.3, -0.25) is 9.69 Å². The van der Waals surface area contributed by atoms with Gasteiger partial charge in [-0.1, -0.05) is 6.07 Å². The van der Waals surface area contributed by atoms with Crippen LogP contribution in [0.3, 0.4) is 0 Å². The molecule has 33 heavy (non-hydrogen) atoms. The average molecular weight is 478 g/mol. The van der Waals surface area contributed by atoms with E-state index in [1.54, 1.807) is 29.6 Å². The first kappa shape index (κ1) is 23.3. The highest BCUT2D eigenvalue weighted by molar-refractivity contribution is 7.12. The number of ether oxygens (including phenoxy) is 2. The first-order chi connectivity index (χ1) is 15.9. The van der Waals surface area contributed by atoms with Gasteiger partial charge in [0.05, 0.1) is 42.4 Å². The van der Waals surface area contributed by atoms with Crippen LogP contribution < -0.4 is 14.9 Å². The number of nitrogens with zero attached hydrogens (tertiary/aromatic N) is 2. The molecule has 1 aromatic heterocycles. The molecule has 3 heterocycles. The van der Waals surface area contributed by atoms with E-state index in [0.29, 0.717) is 42.6 Å². The number of morpholine rings is 1. The Morgan fingerprint density at radius 1 is 1.21 bits per heavy atom. The smallest absolute Gasteiger partial charge is 0.414 e. The molecule has 2 saturated heterocycles. The van der Waals surface area contributed by atoms with Crippen molar-refractivity contribution in [3.63, 3.8) is 0 Å². The van der Waals surface area contributed by atoms with Gasteiger partial charge < -0.3 is 24.6 Å². The van der Waals surface area contributed by atoms with E-state index in [1.807, 2.05) is 4.90 Å². The number of ketones is 1. The summed E-state index contributed by atoms with van der Waals surface area (Å²) in [5.74, 6) is -1.32. The van der Waals surface area contributed by atoms with Crippen molar-refractivity contribution in [2.45, 2.75) is 18.9 Å². The molecule has 176 valence electrons. The Kier molecular flexibility index (Phi) is 7.33. The molecule has 2 aromatic rings. The number of quaternary nitrogens is 1. The molecule has 2 amide bonds. The van der Waals surface area contributed by atoms with E-state index in [-0.39, 0.29) is 31.7 Å². The summed E-state index contributed by atoms with van der Waals surface area (Å²) in [6.07, 6.45) is -1.75. The number of halogens is 1. The second-order valence-electron chi connectivity index (χ2n) is 7.80. The molecule has 2 atom stereocenters.